The number of amides is 1. The summed E-state index contributed by atoms with van der Waals surface area (Å²) >= 11 is 0. The van der Waals surface area contributed by atoms with Gasteiger partial charge in [0, 0.05) is 6.42 Å². The highest BCUT2D eigenvalue weighted by molar-refractivity contribution is 6.62. The minimum Gasteiger partial charge on any atom is -0.449 e. The third kappa shape index (κ3) is 3.39. The van der Waals surface area contributed by atoms with Gasteiger partial charge in [0.15, 0.2) is 0 Å². The second-order valence-electron chi connectivity index (χ2n) is 6.20. The SMILES string of the molecule is CC1(C)OB(c2ccccc2CCOC(N)=O)OC1(C)C. The molecule has 0 saturated carbocycles. The zero-order chi connectivity index (χ0) is 15.7. The van der Waals surface area contributed by atoms with Gasteiger partial charge in [-0.05, 0) is 38.7 Å². The van der Waals surface area contributed by atoms with Crippen LogP contribution in [0.2, 0.25) is 0 Å². The van der Waals surface area contributed by atoms with Gasteiger partial charge < -0.3 is 19.8 Å². The summed E-state index contributed by atoms with van der Waals surface area (Å²) in [5.41, 5.74) is 6.20. The fourth-order valence-electron chi connectivity index (χ4n) is 2.22. The molecular weight excluding hydrogens is 269 g/mol. The van der Waals surface area contributed by atoms with Gasteiger partial charge in [-0.15, -0.1) is 0 Å². The molecule has 0 radical (unpaired) electrons. The number of hydrogen-bond donors (Lipinski definition) is 1. The van der Waals surface area contributed by atoms with Crippen LogP contribution in [0.5, 0.6) is 0 Å². The highest BCUT2D eigenvalue weighted by Crippen LogP contribution is 2.36. The summed E-state index contributed by atoms with van der Waals surface area (Å²) in [4.78, 5) is 10.7. The normalized spacial score (nSPS) is 19.5. The van der Waals surface area contributed by atoms with E-state index in [1.165, 1.54) is 0 Å². The van der Waals surface area contributed by atoms with Crippen LogP contribution in [0.4, 0.5) is 4.79 Å². The van der Waals surface area contributed by atoms with Gasteiger partial charge in [-0.1, -0.05) is 24.3 Å². The number of primary amides is 1. The number of nitrogens with two attached hydrogens (primary N) is 1. The van der Waals surface area contributed by atoms with Gasteiger partial charge >= 0.3 is 13.2 Å². The van der Waals surface area contributed by atoms with E-state index in [0.29, 0.717) is 6.42 Å². The van der Waals surface area contributed by atoms with Crippen molar-refractivity contribution in [1.29, 1.82) is 0 Å². The highest BCUT2D eigenvalue weighted by Gasteiger charge is 2.52. The van der Waals surface area contributed by atoms with Crippen LogP contribution in [0.1, 0.15) is 33.3 Å². The molecular formula is C15H22BNO4. The number of carbonyl (C=O) groups excluding carboxylic acids is 1. The van der Waals surface area contributed by atoms with E-state index < -0.39 is 13.2 Å². The minimum absolute atomic E-state index is 0.242. The topological polar surface area (TPSA) is 70.8 Å². The molecule has 0 atom stereocenters. The quantitative estimate of drug-likeness (QED) is 0.856. The van der Waals surface area contributed by atoms with E-state index in [4.69, 9.17) is 19.8 Å². The van der Waals surface area contributed by atoms with Crippen LogP contribution in [0, 0.1) is 0 Å². The van der Waals surface area contributed by atoms with Crippen LogP contribution in [-0.4, -0.2) is 31.0 Å². The second-order valence-corrected chi connectivity index (χ2v) is 6.20. The number of hydrogen-bond acceptors (Lipinski definition) is 4. The molecule has 5 nitrogen and oxygen atoms in total. The van der Waals surface area contributed by atoms with Gasteiger partial charge in [0.25, 0.3) is 0 Å². The lowest BCUT2D eigenvalue weighted by molar-refractivity contribution is 0.00578. The Labute approximate surface area is 125 Å². The lowest BCUT2D eigenvalue weighted by Crippen LogP contribution is -2.41. The Balaban J connectivity index is 2.16. The van der Waals surface area contributed by atoms with Gasteiger partial charge in [-0.2, -0.15) is 0 Å². The average Bonchev–Trinajstić information content (AvgIpc) is 2.58. The first-order valence-corrected chi connectivity index (χ1v) is 7.08. The van der Waals surface area contributed by atoms with Crippen LogP contribution in [0.15, 0.2) is 24.3 Å². The molecule has 0 aromatic heterocycles. The molecule has 1 saturated heterocycles. The Morgan fingerprint density at radius 2 is 1.76 bits per heavy atom. The van der Waals surface area contributed by atoms with E-state index in [1.54, 1.807) is 0 Å². The van der Waals surface area contributed by atoms with Crippen molar-refractivity contribution in [3.63, 3.8) is 0 Å². The van der Waals surface area contributed by atoms with Gasteiger partial charge in [0.2, 0.25) is 0 Å². The maximum absolute atomic E-state index is 10.7. The minimum atomic E-state index is -0.761. The van der Waals surface area contributed by atoms with Crippen LogP contribution >= 0.6 is 0 Å². The Hall–Kier alpha value is -1.53. The van der Waals surface area contributed by atoms with E-state index in [1.807, 2.05) is 52.0 Å². The highest BCUT2D eigenvalue weighted by atomic mass is 16.7. The van der Waals surface area contributed by atoms with E-state index in [2.05, 4.69) is 0 Å². The number of carbonyl (C=O) groups is 1. The fraction of sp³-hybridized carbons (Fsp3) is 0.533. The Kier molecular flexibility index (Phi) is 4.30. The van der Waals surface area contributed by atoms with E-state index >= 15 is 0 Å². The van der Waals surface area contributed by atoms with Crippen LogP contribution in [-0.2, 0) is 20.5 Å². The molecule has 21 heavy (non-hydrogen) atoms. The smallest absolute Gasteiger partial charge is 0.449 e. The molecule has 1 amide bonds. The molecule has 0 aliphatic carbocycles. The fourth-order valence-corrected chi connectivity index (χ4v) is 2.22. The molecule has 2 rings (SSSR count). The molecule has 1 heterocycles. The number of rotatable bonds is 4. The standard InChI is InChI=1S/C15H22BNO4/c1-14(2)15(3,4)21-16(20-14)12-8-6-5-7-11(12)9-10-19-13(17)18/h5-8H,9-10H2,1-4H3,(H2,17,18). The molecule has 0 bridgehead atoms. The molecule has 1 aromatic rings. The predicted molar refractivity (Wildman–Crippen MR) is 81.4 cm³/mol. The summed E-state index contributed by atoms with van der Waals surface area (Å²) in [5.74, 6) is 0. The molecule has 2 N–H and O–H groups in total. The predicted octanol–water partition coefficient (Wildman–Crippen LogP) is 1.62. The van der Waals surface area contributed by atoms with E-state index in [-0.39, 0.29) is 17.8 Å². The maximum atomic E-state index is 10.7. The molecule has 1 aliphatic rings. The number of benzene rings is 1. The van der Waals surface area contributed by atoms with Gasteiger partial charge in [-0.25, -0.2) is 4.79 Å². The first-order chi connectivity index (χ1) is 9.73. The Morgan fingerprint density at radius 3 is 2.33 bits per heavy atom. The molecule has 1 fully saturated rings. The Morgan fingerprint density at radius 1 is 1.19 bits per heavy atom. The van der Waals surface area contributed by atoms with Crippen molar-refractivity contribution in [2.24, 2.45) is 5.73 Å². The zero-order valence-corrected chi connectivity index (χ0v) is 13.0. The van der Waals surface area contributed by atoms with Crippen LogP contribution in [0.25, 0.3) is 0 Å². The van der Waals surface area contributed by atoms with Crippen molar-refractivity contribution in [1.82, 2.24) is 0 Å². The average molecular weight is 291 g/mol. The third-order valence-electron chi connectivity index (χ3n) is 4.18. The van der Waals surface area contributed by atoms with Crippen LogP contribution in [0.3, 0.4) is 0 Å². The van der Waals surface area contributed by atoms with Crippen molar-refractivity contribution in [2.45, 2.75) is 45.3 Å². The first kappa shape index (κ1) is 15.9. The molecule has 0 spiro atoms. The summed E-state index contributed by atoms with van der Waals surface area (Å²) in [6.07, 6.45) is -0.188. The Bertz CT molecular complexity index is 514. The van der Waals surface area contributed by atoms with E-state index in [0.717, 1.165) is 11.0 Å². The van der Waals surface area contributed by atoms with Crippen molar-refractivity contribution >= 4 is 18.7 Å². The molecule has 6 heteroatoms. The molecule has 1 aliphatic heterocycles. The van der Waals surface area contributed by atoms with Gasteiger partial charge in [0.1, 0.15) is 0 Å². The van der Waals surface area contributed by atoms with Crippen molar-refractivity contribution in [3.8, 4) is 0 Å². The van der Waals surface area contributed by atoms with Crippen molar-refractivity contribution in [2.75, 3.05) is 6.61 Å². The lowest BCUT2D eigenvalue weighted by Gasteiger charge is -2.32. The summed E-state index contributed by atoms with van der Waals surface area (Å²) in [6, 6.07) is 7.83. The second kappa shape index (κ2) is 5.69. The third-order valence-corrected chi connectivity index (χ3v) is 4.18. The first-order valence-electron chi connectivity index (χ1n) is 7.08. The summed E-state index contributed by atoms with van der Waals surface area (Å²) in [6.45, 7) is 8.32. The molecule has 0 unspecified atom stereocenters. The summed E-state index contributed by atoms with van der Waals surface area (Å²) in [7, 11) is -0.417. The molecule has 114 valence electrons. The largest absolute Gasteiger partial charge is 0.495 e. The van der Waals surface area contributed by atoms with Crippen LogP contribution < -0.4 is 11.2 Å². The van der Waals surface area contributed by atoms with Crippen molar-refractivity contribution < 1.29 is 18.8 Å². The zero-order valence-electron chi connectivity index (χ0n) is 13.0. The lowest BCUT2D eigenvalue weighted by atomic mass is 9.75. The van der Waals surface area contributed by atoms with Gasteiger partial charge in [0.05, 0.1) is 17.8 Å². The maximum Gasteiger partial charge on any atom is 0.495 e. The van der Waals surface area contributed by atoms with Gasteiger partial charge in [-0.3, -0.25) is 0 Å². The number of ether oxygens (including phenoxy) is 1. The summed E-state index contributed by atoms with van der Waals surface area (Å²) < 4.78 is 16.9. The summed E-state index contributed by atoms with van der Waals surface area (Å²) in [5, 5.41) is 0. The molecule has 1 aromatic carbocycles. The van der Waals surface area contributed by atoms with E-state index in [9.17, 15) is 4.79 Å². The monoisotopic (exact) mass is 291 g/mol. The van der Waals surface area contributed by atoms with Crippen molar-refractivity contribution in [3.05, 3.63) is 29.8 Å².